The van der Waals surface area contributed by atoms with Crippen LogP contribution in [0.4, 0.5) is 0 Å². The molecule has 6 nitrogen and oxygen atoms in total. The average molecular weight is 292 g/mol. The Balaban J connectivity index is 3.09. The Morgan fingerprint density at radius 2 is 1.90 bits per heavy atom. The van der Waals surface area contributed by atoms with E-state index < -0.39 is 17.9 Å². The molecule has 0 heterocycles. The molecule has 0 fully saturated rings. The quantitative estimate of drug-likeness (QED) is 0.588. The van der Waals surface area contributed by atoms with E-state index in [1.54, 1.807) is 19.1 Å². The number of hydrogen-bond acceptors (Lipinski definition) is 4. The number of carbonyl (C=O) groups is 3. The smallest absolute Gasteiger partial charge is 0.338 e. The fourth-order valence-electron chi connectivity index (χ4n) is 1.71. The second-order valence-corrected chi connectivity index (χ2v) is 4.25. The molecular weight excluding hydrogens is 276 g/mol. The van der Waals surface area contributed by atoms with Crippen LogP contribution in [-0.2, 0) is 20.7 Å². The number of esters is 1. The molecule has 1 aromatic rings. The third-order valence-corrected chi connectivity index (χ3v) is 2.57. The van der Waals surface area contributed by atoms with Crippen LogP contribution in [0.5, 0.6) is 0 Å². The van der Waals surface area contributed by atoms with Crippen molar-refractivity contribution in [3.63, 3.8) is 0 Å². The van der Waals surface area contributed by atoms with E-state index in [1.165, 1.54) is 12.1 Å². The van der Waals surface area contributed by atoms with Crippen molar-refractivity contribution in [1.82, 2.24) is 0 Å². The van der Waals surface area contributed by atoms with Gasteiger partial charge in [0.15, 0.2) is 0 Å². The molecule has 0 spiro atoms. The van der Waals surface area contributed by atoms with Gasteiger partial charge in [-0.05, 0) is 42.7 Å². The Bertz CT molecular complexity index is 574. The maximum absolute atomic E-state index is 11.7. The van der Waals surface area contributed by atoms with Gasteiger partial charge in [-0.15, -0.1) is 0 Å². The van der Waals surface area contributed by atoms with Gasteiger partial charge in [-0.3, -0.25) is 4.79 Å². The zero-order valence-electron chi connectivity index (χ0n) is 11.5. The van der Waals surface area contributed by atoms with Crippen molar-refractivity contribution in [2.75, 3.05) is 6.61 Å². The van der Waals surface area contributed by atoms with Crippen LogP contribution in [0.3, 0.4) is 0 Å². The minimum atomic E-state index is -1.11. The zero-order chi connectivity index (χ0) is 15.8. The van der Waals surface area contributed by atoms with Gasteiger partial charge in [0.05, 0.1) is 12.2 Å². The second kappa shape index (κ2) is 7.84. The van der Waals surface area contributed by atoms with E-state index in [-0.39, 0.29) is 25.0 Å². The molecule has 6 heteroatoms. The monoisotopic (exact) mass is 292 g/mol. The number of benzene rings is 1. The minimum absolute atomic E-state index is 0.0750. The topological polar surface area (TPSA) is 101 Å². The van der Waals surface area contributed by atoms with Crippen molar-refractivity contribution < 1.29 is 29.3 Å². The van der Waals surface area contributed by atoms with Crippen molar-refractivity contribution in [3.05, 3.63) is 41.0 Å². The van der Waals surface area contributed by atoms with E-state index in [0.717, 1.165) is 6.08 Å². The lowest BCUT2D eigenvalue weighted by atomic mass is 10.0. The van der Waals surface area contributed by atoms with Gasteiger partial charge in [0.25, 0.3) is 0 Å². The fraction of sp³-hybridized carbons (Fsp3) is 0.267. The maximum atomic E-state index is 11.7. The van der Waals surface area contributed by atoms with Gasteiger partial charge < -0.3 is 14.9 Å². The molecular formula is C15H16O6. The highest BCUT2D eigenvalue weighted by molar-refractivity contribution is 5.91. The first-order valence-electron chi connectivity index (χ1n) is 6.36. The fourth-order valence-corrected chi connectivity index (χ4v) is 1.71. The summed E-state index contributed by atoms with van der Waals surface area (Å²) in [4.78, 5) is 32.9. The summed E-state index contributed by atoms with van der Waals surface area (Å²) in [7, 11) is 0. The maximum Gasteiger partial charge on any atom is 0.338 e. The summed E-state index contributed by atoms with van der Waals surface area (Å²) < 4.78 is 4.89. The summed E-state index contributed by atoms with van der Waals surface area (Å²) in [5.41, 5.74) is 1.40. The van der Waals surface area contributed by atoms with Crippen molar-refractivity contribution >= 4 is 24.0 Å². The van der Waals surface area contributed by atoms with Crippen LogP contribution in [0.15, 0.2) is 24.3 Å². The molecule has 0 saturated heterocycles. The van der Waals surface area contributed by atoms with Crippen molar-refractivity contribution in [1.29, 1.82) is 0 Å². The molecule has 1 rings (SSSR count). The van der Waals surface area contributed by atoms with Gasteiger partial charge in [-0.1, -0.05) is 6.07 Å². The van der Waals surface area contributed by atoms with Crippen LogP contribution in [0.25, 0.3) is 6.08 Å². The van der Waals surface area contributed by atoms with Crippen LogP contribution in [-0.4, -0.2) is 34.7 Å². The van der Waals surface area contributed by atoms with Crippen molar-refractivity contribution in [3.8, 4) is 0 Å². The molecule has 0 aliphatic carbocycles. The number of carboxylic acids is 2. The number of carboxylic acid groups (broad SMARTS) is 2. The molecule has 0 bridgehead atoms. The molecule has 2 N–H and O–H groups in total. The predicted octanol–water partition coefficient (Wildman–Crippen LogP) is 1.98. The highest BCUT2D eigenvalue weighted by atomic mass is 16.5. The van der Waals surface area contributed by atoms with Gasteiger partial charge in [0.1, 0.15) is 0 Å². The Morgan fingerprint density at radius 3 is 2.48 bits per heavy atom. The molecule has 112 valence electrons. The standard InChI is InChI=1S/C15H16O6/c1-2-21-15(20)12-8-10(3-5-13(16)17)7-11(9-12)4-6-14(18)19/h3,5,7-9H,2,4,6H2,1H3,(H,16,17)(H,18,19)/b5-3+. The molecule has 0 unspecified atom stereocenters. The van der Waals surface area contributed by atoms with Gasteiger partial charge in [-0.2, -0.15) is 0 Å². The second-order valence-electron chi connectivity index (χ2n) is 4.25. The molecule has 0 aliphatic heterocycles. The van der Waals surface area contributed by atoms with Crippen LogP contribution >= 0.6 is 0 Å². The number of ether oxygens (including phenoxy) is 1. The Hall–Kier alpha value is -2.63. The van der Waals surface area contributed by atoms with Crippen LogP contribution in [0.1, 0.15) is 34.8 Å². The van der Waals surface area contributed by atoms with E-state index >= 15 is 0 Å². The molecule has 0 saturated carbocycles. The van der Waals surface area contributed by atoms with E-state index in [2.05, 4.69) is 0 Å². The summed E-state index contributed by atoms with van der Waals surface area (Å²) in [6, 6.07) is 4.70. The van der Waals surface area contributed by atoms with Crippen molar-refractivity contribution in [2.45, 2.75) is 19.8 Å². The Labute approximate surface area is 121 Å². The summed E-state index contributed by atoms with van der Waals surface area (Å²) in [6.07, 6.45) is 2.46. The Kier molecular flexibility index (Phi) is 6.13. The highest BCUT2D eigenvalue weighted by Crippen LogP contribution is 2.15. The zero-order valence-corrected chi connectivity index (χ0v) is 11.5. The SMILES string of the molecule is CCOC(=O)c1cc(/C=C/C(=O)O)cc(CCC(=O)O)c1. The highest BCUT2D eigenvalue weighted by Gasteiger charge is 2.10. The number of carbonyl (C=O) groups excluding carboxylic acids is 1. The summed E-state index contributed by atoms with van der Waals surface area (Å²) in [5.74, 6) is -2.58. The molecule has 0 atom stereocenters. The average Bonchev–Trinajstić information content (AvgIpc) is 2.43. The predicted molar refractivity (Wildman–Crippen MR) is 75.0 cm³/mol. The number of rotatable bonds is 7. The van der Waals surface area contributed by atoms with E-state index in [4.69, 9.17) is 14.9 Å². The summed E-state index contributed by atoms with van der Waals surface area (Å²) in [6.45, 7) is 1.90. The Morgan fingerprint density at radius 1 is 1.19 bits per heavy atom. The first-order valence-corrected chi connectivity index (χ1v) is 6.36. The normalized spacial score (nSPS) is 10.5. The van der Waals surface area contributed by atoms with Crippen molar-refractivity contribution in [2.24, 2.45) is 0 Å². The third kappa shape index (κ3) is 5.90. The number of aliphatic carboxylic acids is 2. The molecule has 21 heavy (non-hydrogen) atoms. The molecule has 0 aliphatic rings. The molecule has 0 radical (unpaired) electrons. The van der Waals surface area contributed by atoms with Crippen LogP contribution in [0, 0.1) is 0 Å². The van der Waals surface area contributed by atoms with E-state index in [1.807, 2.05) is 0 Å². The summed E-state index contributed by atoms with van der Waals surface area (Å²) >= 11 is 0. The lowest BCUT2D eigenvalue weighted by Crippen LogP contribution is -2.06. The first kappa shape index (κ1) is 16.4. The lowest BCUT2D eigenvalue weighted by Gasteiger charge is -2.07. The van der Waals surface area contributed by atoms with Gasteiger partial charge >= 0.3 is 17.9 Å². The third-order valence-electron chi connectivity index (χ3n) is 2.57. The van der Waals surface area contributed by atoms with Crippen LogP contribution in [0.2, 0.25) is 0 Å². The lowest BCUT2D eigenvalue weighted by molar-refractivity contribution is -0.137. The molecule has 0 amide bonds. The largest absolute Gasteiger partial charge is 0.481 e. The number of hydrogen-bond donors (Lipinski definition) is 2. The van der Waals surface area contributed by atoms with Gasteiger partial charge in [0.2, 0.25) is 0 Å². The van der Waals surface area contributed by atoms with Crippen LogP contribution < -0.4 is 0 Å². The molecule has 0 aromatic heterocycles. The van der Waals surface area contributed by atoms with E-state index in [0.29, 0.717) is 11.1 Å². The molecule has 1 aromatic carbocycles. The summed E-state index contributed by atoms with van der Waals surface area (Å²) in [5, 5.41) is 17.3. The minimum Gasteiger partial charge on any atom is -0.481 e. The van der Waals surface area contributed by atoms with Gasteiger partial charge in [0, 0.05) is 12.5 Å². The first-order chi connectivity index (χ1) is 9.92. The van der Waals surface area contributed by atoms with E-state index in [9.17, 15) is 14.4 Å². The number of aryl methyl sites for hydroxylation is 1. The van der Waals surface area contributed by atoms with Gasteiger partial charge in [-0.25, -0.2) is 9.59 Å².